The molecule has 0 bridgehead atoms. The molecule has 46 heavy (non-hydrogen) atoms. The number of nitrogens with zero attached hydrogens (tertiary/aromatic N) is 4. The van der Waals surface area contributed by atoms with E-state index in [1.165, 1.54) is 45.1 Å². The van der Waals surface area contributed by atoms with Crippen LogP contribution >= 0.6 is 0 Å². The zero-order chi connectivity index (χ0) is 30.9. The van der Waals surface area contributed by atoms with Crippen LogP contribution in [0.1, 0.15) is 25.0 Å². The monoisotopic (exact) mass is 654 g/mol. The molecule has 3 aromatic heterocycles. The van der Waals surface area contributed by atoms with Gasteiger partial charge < -0.3 is 0 Å². The summed E-state index contributed by atoms with van der Waals surface area (Å²) in [5.41, 5.74) is 7.24. The first-order chi connectivity index (χ1) is 22.6. The molecule has 220 valence electrons. The van der Waals surface area contributed by atoms with Crippen LogP contribution in [0.3, 0.4) is 0 Å². The van der Waals surface area contributed by atoms with Crippen molar-refractivity contribution in [3.05, 3.63) is 169 Å². The van der Waals surface area contributed by atoms with Crippen LogP contribution in [0, 0.1) is 0 Å². The molecule has 0 fully saturated rings. The molecule has 5 aromatic carbocycles. The number of pyridine rings is 1. The number of aromatic nitrogens is 4. The third-order valence-corrected chi connectivity index (χ3v) is 19.9. The van der Waals surface area contributed by atoms with E-state index in [1.54, 1.807) is 0 Å². The maximum absolute atomic E-state index is 5.20. The summed E-state index contributed by atoms with van der Waals surface area (Å²) in [6.07, 6.45) is 5.80. The van der Waals surface area contributed by atoms with Crippen molar-refractivity contribution in [1.82, 2.24) is 19.3 Å². The molecule has 4 heterocycles. The molecular weight excluding hydrogens is 621 g/mol. The van der Waals surface area contributed by atoms with Gasteiger partial charge in [0.2, 0.25) is 0 Å². The molecule has 9 rings (SSSR count). The molecule has 4 nitrogen and oxygen atoms in total. The van der Waals surface area contributed by atoms with Crippen molar-refractivity contribution in [1.29, 1.82) is 0 Å². The van der Waals surface area contributed by atoms with Crippen LogP contribution in [0.15, 0.2) is 158 Å². The zero-order valence-corrected chi connectivity index (χ0v) is 27.9. The summed E-state index contributed by atoms with van der Waals surface area (Å²) in [6, 6.07) is 51.5. The molecule has 0 aliphatic carbocycles. The molecule has 0 spiro atoms. The first kappa shape index (κ1) is 27.1. The number of rotatable bonds is 4. The van der Waals surface area contributed by atoms with Crippen LogP contribution in [0.25, 0.3) is 33.2 Å². The Morgan fingerprint density at radius 3 is 2.02 bits per heavy atom. The number of hydrogen-bond donors (Lipinski definition) is 0. The van der Waals surface area contributed by atoms with Crippen molar-refractivity contribution in [2.24, 2.45) is 0 Å². The molecule has 0 unspecified atom stereocenters. The van der Waals surface area contributed by atoms with Crippen molar-refractivity contribution < 1.29 is 0 Å². The number of para-hydroxylation sites is 1. The molecule has 1 aliphatic rings. The van der Waals surface area contributed by atoms with Gasteiger partial charge in [-0.15, -0.1) is 0 Å². The van der Waals surface area contributed by atoms with Gasteiger partial charge in [0, 0.05) is 0 Å². The van der Waals surface area contributed by atoms with Crippen molar-refractivity contribution in [3.8, 4) is 11.4 Å². The van der Waals surface area contributed by atoms with Crippen molar-refractivity contribution in [3.63, 3.8) is 0 Å². The van der Waals surface area contributed by atoms with Gasteiger partial charge in [0.15, 0.2) is 0 Å². The van der Waals surface area contributed by atoms with Gasteiger partial charge in [-0.1, -0.05) is 0 Å². The van der Waals surface area contributed by atoms with Crippen LogP contribution in [-0.2, 0) is 5.41 Å². The third-order valence-electron chi connectivity index (χ3n) is 10.0. The predicted molar refractivity (Wildman–Crippen MR) is 191 cm³/mol. The molecule has 0 N–H and O–H groups in total. The summed E-state index contributed by atoms with van der Waals surface area (Å²) in [7, 11) is 0. The second kappa shape index (κ2) is 10.2. The Bertz CT molecular complexity index is 2350. The van der Waals surface area contributed by atoms with E-state index in [1.807, 2.05) is 35.4 Å². The van der Waals surface area contributed by atoms with Gasteiger partial charge in [-0.2, -0.15) is 0 Å². The first-order valence-corrected chi connectivity index (χ1v) is 20.0. The molecule has 5 heteroatoms. The van der Waals surface area contributed by atoms with E-state index >= 15 is 0 Å². The molecule has 1 aliphatic heterocycles. The quantitative estimate of drug-likeness (QED) is 0.207. The zero-order valence-electron chi connectivity index (χ0n) is 25.8. The fourth-order valence-electron chi connectivity index (χ4n) is 8.00. The third kappa shape index (κ3) is 3.74. The van der Waals surface area contributed by atoms with Crippen LogP contribution in [0.5, 0.6) is 0 Å². The van der Waals surface area contributed by atoms with Crippen LogP contribution in [0.4, 0.5) is 0 Å². The second-order valence-corrected chi connectivity index (χ2v) is 20.4. The standard InChI is InChI=1S/C41H32GeN4/c1-41(2)34-16-4-6-18-36(34)42(40-21-9-10-24-43-40,37-19-7-5-17-35(37)41)29-13-11-14-31(27-29)46-38-20-8-3-15-32(38)33-23-22-30(28-39(33)46)45-26-12-25-44-45/h3-28H,1-2H3. The minimum atomic E-state index is -3.62. The van der Waals surface area contributed by atoms with Crippen molar-refractivity contribution in [2.45, 2.75) is 19.3 Å². The fourth-order valence-corrected chi connectivity index (χ4v) is 19.3. The van der Waals surface area contributed by atoms with Gasteiger partial charge >= 0.3 is 272 Å². The van der Waals surface area contributed by atoms with E-state index < -0.39 is 13.3 Å². The summed E-state index contributed by atoms with van der Waals surface area (Å²) >= 11 is -3.62. The fraction of sp³-hybridized carbons (Fsp3) is 0.0732. The van der Waals surface area contributed by atoms with Gasteiger partial charge in [-0.3, -0.25) is 0 Å². The Balaban J connectivity index is 1.38. The van der Waals surface area contributed by atoms with Crippen molar-refractivity contribution >= 4 is 52.8 Å². The summed E-state index contributed by atoms with van der Waals surface area (Å²) < 4.78 is 9.87. The van der Waals surface area contributed by atoms with E-state index in [0.29, 0.717) is 0 Å². The SMILES string of the molecule is CC1(C)c2cccc[c]2[Ge]([c]2cccc(-n3c4ccccc4c4ccc(-n5cccn5)cc43)c2)([c]2ccccn2)[c]2ccccc21. The molecule has 8 aromatic rings. The van der Waals surface area contributed by atoms with Gasteiger partial charge in [0.05, 0.1) is 0 Å². The maximum atomic E-state index is 5.20. The minimum absolute atomic E-state index is 0.121. The first-order valence-electron chi connectivity index (χ1n) is 15.8. The molecular formula is C41H32GeN4. The van der Waals surface area contributed by atoms with Gasteiger partial charge in [0.1, 0.15) is 0 Å². The Labute approximate surface area is 271 Å². The van der Waals surface area contributed by atoms with E-state index in [-0.39, 0.29) is 5.41 Å². The number of benzene rings is 5. The normalized spacial score (nSPS) is 14.7. The Kier molecular flexibility index (Phi) is 5.99. The topological polar surface area (TPSA) is 35.6 Å². The van der Waals surface area contributed by atoms with E-state index in [2.05, 4.69) is 151 Å². The van der Waals surface area contributed by atoms with Crippen LogP contribution in [0.2, 0.25) is 0 Å². The molecule has 0 amide bonds. The number of fused-ring (bicyclic) bond motifs is 5. The Hall–Kier alpha value is -5.20. The summed E-state index contributed by atoms with van der Waals surface area (Å²) in [5.74, 6) is 0. The molecule has 0 radical (unpaired) electrons. The Morgan fingerprint density at radius 2 is 1.28 bits per heavy atom. The summed E-state index contributed by atoms with van der Waals surface area (Å²) in [6.45, 7) is 4.75. The van der Waals surface area contributed by atoms with Crippen molar-refractivity contribution in [2.75, 3.05) is 0 Å². The predicted octanol–water partition coefficient (Wildman–Crippen LogP) is 6.38. The van der Waals surface area contributed by atoms with Crippen LogP contribution < -0.4 is 17.7 Å². The number of hydrogen-bond acceptors (Lipinski definition) is 2. The summed E-state index contributed by atoms with van der Waals surface area (Å²) in [5, 5.41) is 7.00. The summed E-state index contributed by atoms with van der Waals surface area (Å²) in [4.78, 5) is 5.20. The van der Waals surface area contributed by atoms with Gasteiger partial charge in [-0.25, -0.2) is 0 Å². The molecule has 0 saturated carbocycles. The van der Waals surface area contributed by atoms with E-state index in [9.17, 15) is 0 Å². The molecule has 0 atom stereocenters. The average Bonchev–Trinajstić information content (AvgIpc) is 3.76. The average molecular weight is 653 g/mol. The van der Waals surface area contributed by atoms with E-state index in [0.717, 1.165) is 16.9 Å². The van der Waals surface area contributed by atoms with Crippen LogP contribution in [-0.4, -0.2) is 32.6 Å². The Morgan fingerprint density at radius 1 is 0.565 bits per heavy atom. The van der Waals surface area contributed by atoms with E-state index in [4.69, 9.17) is 4.98 Å². The van der Waals surface area contributed by atoms with Gasteiger partial charge in [0.25, 0.3) is 0 Å². The second-order valence-electron chi connectivity index (χ2n) is 12.7. The van der Waals surface area contributed by atoms with Gasteiger partial charge in [-0.05, 0) is 0 Å². The molecule has 0 saturated heterocycles.